The number of allylic oxidation sites excluding steroid dienone is 1. The van der Waals surface area contributed by atoms with Crippen molar-refractivity contribution in [1.29, 1.82) is 0 Å². The molecular formula is C12H26N2O4. The van der Waals surface area contributed by atoms with E-state index in [2.05, 4.69) is 0 Å². The van der Waals surface area contributed by atoms with Crippen LogP contribution in [0.1, 0.15) is 51.4 Å². The zero-order chi connectivity index (χ0) is 12.2. The lowest BCUT2D eigenvalue weighted by atomic mass is 10.1. The van der Waals surface area contributed by atoms with Crippen LogP contribution in [0.25, 0.3) is 0 Å². The average Bonchev–Trinajstić information content (AvgIpc) is 2.20. The van der Waals surface area contributed by atoms with Crippen LogP contribution in [0.3, 0.4) is 0 Å². The van der Waals surface area contributed by atoms with Crippen LogP contribution in [0.15, 0.2) is 12.2 Å². The predicted molar refractivity (Wildman–Crippen MR) is 68.1 cm³/mol. The number of carbonyl (C=O) groups is 2. The third kappa shape index (κ3) is 20.1. The molecule has 0 aromatic rings. The number of carboxylic acid groups (broad SMARTS) is 2. The van der Waals surface area contributed by atoms with E-state index < -0.39 is 11.9 Å². The second-order valence-corrected chi connectivity index (χ2v) is 3.75. The highest BCUT2D eigenvalue weighted by molar-refractivity contribution is 5.77. The molecule has 0 spiro atoms. The highest BCUT2D eigenvalue weighted by Gasteiger charge is 1.91. The van der Waals surface area contributed by atoms with Gasteiger partial charge in [-0.05, 0) is 31.8 Å². The summed E-state index contributed by atoms with van der Waals surface area (Å²) < 4.78 is 0. The second kappa shape index (κ2) is 15.6. The van der Waals surface area contributed by atoms with Gasteiger partial charge in [-0.1, -0.05) is 31.8 Å². The zero-order valence-corrected chi connectivity index (χ0v) is 11.4. The number of carbonyl (C=O) groups excluding carboxylic acids is 2. The first-order valence-electron chi connectivity index (χ1n) is 5.70. The average molecular weight is 262 g/mol. The molecule has 0 atom stereocenters. The van der Waals surface area contributed by atoms with Gasteiger partial charge in [0.25, 0.3) is 0 Å². The lowest BCUT2D eigenvalue weighted by Crippen LogP contribution is -2.21. The van der Waals surface area contributed by atoms with Crippen LogP contribution in [0.4, 0.5) is 0 Å². The highest BCUT2D eigenvalue weighted by Crippen LogP contribution is 2.08. The number of rotatable bonds is 10. The van der Waals surface area contributed by atoms with Crippen LogP contribution in [0, 0.1) is 0 Å². The minimum Gasteiger partial charge on any atom is -0.550 e. The molecule has 0 aliphatic rings. The fraction of sp³-hybridized carbons (Fsp3) is 0.667. The van der Waals surface area contributed by atoms with Crippen molar-refractivity contribution in [1.82, 2.24) is 12.3 Å². The minimum absolute atomic E-state index is 0. The Kier molecular flexibility index (Phi) is 18.9. The van der Waals surface area contributed by atoms with Crippen molar-refractivity contribution in [3.8, 4) is 0 Å². The van der Waals surface area contributed by atoms with Gasteiger partial charge in [-0.15, -0.1) is 0 Å². The fourth-order valence-electron chi connectivity index (χ4n) is 1.42. The van der Waals surface area contributed by atoms with Crippen molar-refractivity contribution in [3.63, 3.8) is 0 Å². The van der Waals surface area contributed by atoms with Crippen molar-refractivity contribution in [2.45, 2.75) is 51.4 Å². The lowest BCUT2D eigenvalue weighted by Gasteiger charge is -2.02. The molecule has 0 bridgehead atoms. The van der Waals surface area contributed by atoms with Gasteiger partial charge < -0.3 is 32.1 Å². The molecule has 0 heterocycles. The summed E-state index contributed by atoms with van der Waals surface area (Å²) in [6.07, 6.45) is 9.26. The molecule has 0 fully saturated rings. The number of aliphatic carboxylic acids is 2. The highest BCUT2D eigenvalue weighted by atomic mass is 16.4. The normalized spacial score (nSPS) is 9.56. The van der Waals surface area contributed by atoms with Crippen LogP contribution in [-0.2, 0) is 9.59 Å². The van der Waals surface area contributed by atoms with Gasteiger partial charge in [0.1, 0.15) is 0 Å². The first-order valence-corrected chi connectivity index (χ1v) is 5.70. The molecule has 0 saturated heterocycles. The van der Waals surface area contributed by atoms with Crippen LogP contribution >= 0.6 is 0 Å². The van der Waals surface area contributed by atoms with Gasteiger partial charge >= 0.3 is 0 Å². The van der Waals surface area contributed by atoms with Gasteiger partial charge in [-0.2, -0.15) is 0 Å². The topological polar surface area (TPSA) is 153 Å². The van der Waals surface area contributed by atoms with E-state index in [-0.39, 0.29) is 18.7 Å². The predicted octanol–water partition coefficient (Wildman–Crippen LogP) is 0.916. The maximum atomic E-state index is 10.1. The van der Waals surface area contributed by atoms with Crippen LogP contribution < -0.4 is 22.5 Å². The summed E-state index contributed by atoms with van der Waals surface area (Å²) in [5.74, 6) is -2.13. The van der Waals surface area contributed by atoms with E-state index in [1.807, 2.05) is 0 Å². The van der Waals surface area contributed by atoms with Gasteiger partial charge in [-0.3, -0.25) is 0 Å². The summed E-state index contributed by atoms with van der Waals surface area (Å²) >= 11 is 0. The molecule has 0 aromatic carbocycles. The number of unbranched alkanes of at least 4 members (excludes halogenated alkanes) is 6. The third-order valence-electron chi connectivity index (χ3n) is 2.26. The largest absolute Gasteiger partial charge is 0.550 e. The maximum absolute atomic E-state index is 10.1. The number of quaternary nitrogens is 2. The summed E-state index contributed by atoms with van der Waals surface area (Å²) in [7, 11) is 0. The number of carboxylic acids is 2. The molecule has 0 rings (SSSR count). The molecule has 0 unspecified atom stereocenters. The zero-order valence-electron chi connectivity index (χ0n) is 11.4. The van der Waals surface area contributed by atoms with Gasteiger partial charge in [0, 0.05) is 5.97 Å². The minimum atomic E-state index is -1.15. The molecular weight excluding hydrogens is 236 g/mol. The second-order valence-electron chi connectivity index (χ2n) is 3.75. The fourth-order valence-corrected chi connectivity index (χ4v) is 1.42. The Labute approximate surface area is 108 Å². The Morgan fingerprint density at radius 3 is 1.83 bits per heavy atom. The van der Waals surface area contributed by atoms with E-state index in [4.69, 9.17) is 0 Å². The molecule has 108 valence electrons. The van der Waals surface area contributed by atoms with Gasteiger partial charge in [0.15, 0.2) is 0 Å². The molecule has 0 aliphatic heterocycles. The Morgan fingerprint density at radius 1 is 0.833 bits per heavy atom. The molecule has 6 nitrogen and oxygen atoms in total. The van der Waals surface area contributed by atoms with Gasteiger partial charge in [0.05, 0.1) is 5.97 Å². The standard InChI is InChI=1S/C12H20O4.2H3N/c13-11(14)9-7-5-3-1-2-4-6-8-10-12(15)16;;/h7,9H,1-6,8,10H2,(H,13,14)(H,15,16);2*1H3/b9-7+;;. The summed E-state index contributed by atoms with van der Waals surface area (Å²) in [5.41, 5.74) is 0. The van der Waals surface area contributed by atoms with Crippen molar-refractivity contribution in [2.75, 3.05) is 0 Å². The van der Waals surface area contributed by atoms with Crippen molar-refractivity contribution in [2.24, 2.45) is 0 Å². The van der Waals surface area contributed by atoms with Crippen LogP contribution in [0.2, 0.25) is 0 Å². The first kappa shape index (κ1) is 21.8. The quantitative estimate of drug-likeness (QED) is 0.443. The molecule has 0 amide bonds. The Balaban J connectivity index is -0.00000112. The molecule has 0 aliphatic carbocycles. The van der Waals surface area contributed by atoms with E-state index >= 15 is 0 Å². The summed E-state index contributed by atoms with van der Waals surface area (Å²) in [6.45, 7) is 0. The van der Waals surface area contributed by atoms with Crippen LogP contribution in [-0.4, -0.2) is 11.9 Å². The van der Waals surface area contributed by atoms with Crippen molar-refractivity contribution in [3.05, 3.63) is 12.2 Å². The monoisotopic (exact) mass is 262 g/mol. The van der Waals surface area contributed by atoms with Crippen LogP contribution in [0.5, 0.6) is 0 Å². The SMILES string of the molecule is O=C([O-])/C=C/CCCCCCCCC(=O)[O-].[NH4+].[NH4+]. The molecule has 18 heavy (non-hydrogen) atoms. The molecule has 0 saturated carbocycles. The third-order valence-corrected chi connectivity index (χ3v) is 2.26. The Bertz CT molecular complexity index is 242. The summed E-state index contributed by atoms with van der Waals surface area (Å²) in [4.78, 5) is 20.1. The lowest BCUT2D eigenvalue weighted by molar-refractivity contribution is -0.306. The van der Waals surface area contributed by atoms with E-state index in [0.717, 1.165) is 44.6 Å². The van der Waals surface area contributed by atoms with E-state index in [0.29, 0.717) is 6.42 Å². The van der Waals surface area contributed by atoms with Gasteiger partial charge in [0.2, 0.25) is 0 Å². The maximum Gasteiger partial charge on any atom is 0.0639 e. The molecule has 0 radical (unpaired) electrons. The molecule has 8 N–H and O–H groups in total. The van der Waals surface area contributed by atoms with E-state index in [1.165, 1.54) is 0 Å². The summed E-state index contributed by atoms with van der Waals surface area (Å²) in [6, 6.07) is 0. The smallest absolute Gasteiger partial charge is 0.0639 e. The number of hydrogen-bond donors (Lipinski definition) is 2. The first-order chi connectivity index (χ1) is 7.63. The van der Waals surface area contributed by atoms with E-state index in [9.17, 15) is 19.8 Å². The van der Waals surface area contributed by atoms with Gasteiger partial charge in [-0.25, -0.2) is 0 Å². The van der Waals surface area contributed by atoms with Crippen molar-refractivity contribution < 1.29 is 19.8 Å². The Morgan fingerprint density at radius 2 is 1.33 bits per heavy atom. The number of hydrogen-bond acceptors (Lipinski definition) is 4. The summed E-state index contributed by atoms with van der Waals surface area (Å²) in [5, 5.41) is 20.1. The molecule has 6 heteroatoms. The van der Waals surface area contributed by atoms with E-state index in [1.54, 1.807) is 6.08 Å². The molecule has 0 aromatic heterocycles. The Hall–Kier alpha value is -1.40. The van der Waals surface area contributed by atoms with Crippen molar-refractivity contribution >= 4 is 11.9 Å².